The van der Waals surface area contributed by atoms with Gasteiger partial charge >= 0.3 is 6.09 Å². The van der Waals surface area contributed by atoms with E-state index < -0.39 is 73.8 Å². The Kier molecular flexibility index (Phi) is 11.7. The summed E-state index contributed by atoms with van der Waals surface area (Å²) in [5.74, 6) is -1.64. The van der Waals surface area contributed by atoms with Crippen LogP contribution in [-0.4, -0.2) is 89.3 Å². The van der Waals surface area contributed by atoms with E-state index in [9.17, 15) is 27.6 Å². The number of allylic oxidation sites excluding steroid dienone is 1. The molecule has 2 aliphatic carbocycles. The number of aromatic nitrogens is 1. The first-order valence-corrected chi connectivity index (χ1v) is 21.4. The van der Waals surface area contributed by atoms with Gasteiger partial charge in [-0.1, -0.05) is 51.1 Å². The van der Waals surface area contributed by atoms with E-state index in [-0.39, 0.29) is 31.2 Å². The first kappa shape index (κ1) is 41.2. The fraction of sp³-hybridized carbons (Fsp3) is 0.634. The van der Waals surface area contributed by atoms with Gasteiger partial charge in [0.1, 0.15) is 35.1 Å². The summed E-state index contributed by atoms with van der Waals surface area (Å²) in [4.78, 5) is 62.5. The van der Waals surface area contributed by atoms with Crippen molar-refractivity contribution in [3.05, 3.63) is 42.6 Å². The van der Waals surface area contributed by atoms with Gasteiger partial charge in [0.25, 0.3) is 5.91 Å². The van der Waals surface area contributed by atoms with E-state index >= 15 is 0 Å². The lowest BCUT2D eigenvalue weighted by atomic mass is 9.88. The first-order valence-electron chi connectivity index (χ1n) is 19.9. The summed E-state index contributed by atoms with van der Waals surface area (Å²) in [6, 6.07) is 5.35. The second kappa shape index (κ2) is 15.9. The van der Waals surface area contributed by atoms with Gasteiger partial charge in [-0.25, -0.2) is 18.2 Å². The normalized spacial score (nSPS) is 29.7. The lowest BCUT2D eigenvalue weighted by Gasteiger charge is -2.33. The number of hydrogen-bond donors (Lipinski definition) is 3. The third kappa shape index (κ3) is 8.92. The second-order valence-corrected chi connectivity index (χ2v) is 19.6. The molecule has 0 unspecified atom stereocenters. The molecule has 1 aromatic carbocycles. The van der Waals surface area contributed by atoms with Gasteiger partial charge in [-0.05, 0) is 90.5 Å². The van der Waals surface area contributed by atoms with Gasteiger partial charge in [0, 0.05) is 23.1 Å². The van der Waals surface area contributed by atoms with Crippen molar-refractivity contribution < 1.29 is 41.8 Å². The van der Waals surface area contributed by atoms with E-state index in [4.69, 9.17) is 14.2 Å². The largest absolute Gasteiger partial charge is 0.491 e. The molecule has 6 rings (SSSR count). The number of sulfonamides is 1. The molecule has 4 aliphatic rings. The Morgan fingerprint density at radius 1 is 1.09 bits per heavy atom. The number of fused-ring (bicyclic) bond motifs is 3. The average molecular weight is 796 g/mol. The molecule has 7 atom stereocenters. The highest BCUT2D eigenvalue weighted by Crippen LogP contribution is 2.47. The zero-order valence-electron chi connectivity index (χ0n) is 33.6. The first-order chi connectivity index (χ1) is 26.4. The maximum absolute atomic E-state index is 14.8. The summed E-state index contributed by atoms with van der Waals surface area (Å²) in [6.07, 6.45) is 7.95. The number of amides is 4. The van der Waals surface area contributed by atoms with Crippen molar-refractivity contribution in [2.24, 2.45) is 17.8 Å². The predicted octanol–water partition coefficient (Wildman–Crippen LogP) is 5.15. The van der Waals surface area contributed by atoms with E-state index in [1.54, 1.807) is 33.9 Å². The topological polar surface area (TPSA) is 182 Å². The number of benzene rings is 1. The Bertz CT molecular complexity index is 1980. The maximum Gasteiger partial charge on any atom is 0.408 e. The van der Waals surface area contributed by atoms with E-state index in [1.165, 1.54) is 4.90 Å². The lowest BCUT2D eigenvalue weighted by Crippen LogP contribution is -2.59. The molecule has 14 nitrogen and oxygen atoms in total. The van der Waals surface area contributed by atoms with Gasteiger partial charge < -0.3 is 29.7 Å². The number of nitrogens with one attached hydrogen (secondary N) is 3. The molecular formula is C41H57N5O9S. The molecule has 0 spiro atoms. The van der Waals surface area contributed by atoms with Crippen LogP contribution in [-0.2, 0) is 29.1 Å². The summed E-state index contributed by atoms with van der Waals surface area (Å²) in [5.41, 5.74) is -2.35. The molecule has 0 radical (unpaired) electrons. The van der Waals surface area contributed by atoms with Crippen LogP contribution in [0.25, 0.3) is 10.8 Å². The Labute approximate surface area is 329 Å². The third-order valence-corrected chi connectivity index (χ3v) is 13.5. The molecule has 2 aromatic rings. The Morgan fingerprint density at radius 2 is 1.80 bits per heavy atom. The van der Waals surface area contributed by atoms with Crippen LogP contribution in [0.1, 0.15) is 99.8 Å². The minimum atomic E-state index is -4.00. The van der Waals surface area contributed by atoms with Gasteiger partial charge in [0.15, 0.2) is 0 Å². The summed E-state index contributed by atoms with van der Waals surface area (Å²) in [7, 11) is -4.00. The van der Waals surface area contributed by atoms with Crippen LogP contribution in [0, 0.1) is 17.8 Å². The molecule has 2 saturated carbocycles. The molecule has 3 fully saturated rings. The average Bonchev–Trinajstić information content (AvgIpc) is 4.01. The van der Waals surface area contributed by atoms with Gasteiger partial charge in [-0.2, -0.15) is 0 Å². The Balaban J connectivity index is 1.35. The Hall–Kier alpha value is -4.40. The van der Waals surface area contributed by atoms with Crippen LogP contribution < -0.4 is 24.8 Å². The highest BCUT2D eigenvalue weighted by Gasteiger charge is 2.63. The second-order valence-electron chi connectivity index (χ2n) is 17.4. The van der Waals surface area contributed by atoms with Crippen LogP contribution in [0.5, 0.6) is 11.6 Å². The molecule has 3 N–H and O–H groups in total. The van der Waals surface area contributed by atoms with Gasteiger partial charge in [0.05, 0.1) is 24.1 Å². The SMILES string of the molecule is CCCOc1cnc(O[C@@H]2C[C@H]3C(=O)N[C@]4(C(=O)NS(=O)(=O)C5(C)CC5)C[C@H]4/C=C\CC[C@@H](C)C[C@@H](C)[C@H](NC(=O)OC(C)(C)C)C(=O)N3C2)c2ccccc12. The molecule has 1 saturated heterocycles. The van der Waals surface area contributed by atoms with Crippen molar-refractivity contribution in [1.82, 2.24) is 25.2 Å². The highest BCUT2D eigenvalue weighted by molar-refractivity contribution is 7.91. The van der Waals surface area contributed by atoms with Gasteiger partial charge in [0.2, 0.25) is 27.7 Å². The van der Waals surface area contributed by atoms with E-state index in [2.05, 4.69) is 27.3 Å². The molecule has 306 valence electrons. The van der Waals surface area contributed by atoms with E-state index in [0.29, 0.717) is 49.3 Å². The van der Waals surface area contributed by atoms with Crippen molar-refractivity contribution in [3.8, 4) is 11.6 Å². The molecule has 1 aromatic heterocycles. The molecule has 0 bridgehead atoms. The molecule has 15 heteroatoms. The van der Waals surface area contributed by atoms with Crippen LogP contribution in [0.4, 0.5) is 4.79 Å². The molecule has 3 heterocycles. The zero-order valence-corrected chi connectivity index (χ0v) is 34.4. The predicted molar refractivity (Wildman–Crippen MR) is 210 cm³/mol. The summed E-state index contributed by atoms with van der Waals surface area (Å²) in [6.45, 7) is 13.3. The third-order valence-electron chi connectivity index (χ3n) is 11.4. The lowest BCUT2D eigenvalue weighted by molar-refractivity contribution is -0.142. The standard InChI is InChI=1S/C41H57N5O9S/c1-8-19-53-32-23-42-35(30-16-12-11-15-29(30)32)54-28-21-31-34(47)44-41(37(49)45-56(51,52)40(7)17-18-40)22-27(41)14-10-9-13-25(2)20-26(3)33(36(48)46(31)24-28)43-38(50)55-39(4,5)6/h10-12,14-16,23,25-28,31,33H,8-9,13,17-22,24H2,1-7H3,(H,43,50)(H,44,47)(H,45,49)/b14-10-/t25-,26-,27-,28-,31+,33+,41-/m1/s1. The monoisotopic (exact) mass is 795 g/mol. The molecule has 56 heavy (non-hydrogen) atoms. The maximum atomic E-state index is 14.8. The number of rotatable bonds is 9. The van der Waals surface area contributed by atoms with Crippen LogP contribution >= 0.6 is 0 Å². The van der Waals surface area contributed by atoms with Gasteiger partial charge in [-0.3, -0.25) is 19.1 Å². The van der Waals surface area contributed by atoms with Gasteiger partial charge in [-0.15, -0.1) is 0 Å². The van der Waals surface area contributed by atoms with E-state index in [0.717, 1.165) is 18.2 Å². The fourth-order valence-corrected chi connectivity index (χ4v) is 9.06. The minimum Gasteiger partial charge on any atom is -0.491 e. The van der Waals surface area contributed by atoms with Crippen LogP contribution in [0.3, 0.4) is 0 Å². The number of alkyl carbamates (subject to hydrolysis) is 1. The fourth-order valence-electron chi connectivity index (χ4n) is 7.75. The van der Waals surface area contributed by atoms with Crippen LogP contribution in [0.15, 0.2) is 42.6 Å². The number of hydrogen-bond acceptors (Lipinski definition) is 10. The zero-order chi connectivity index (χ0) is 40.6. The number of carbonyl (C=O) groups is 4. The van der Waals surface area contributed by atoms with E-state index in [1.807, 2.05) is 50.3 Å². The minimum absolute atomic E-state index is 0.0228. The van der Waals surface area contributed by atoms with Crippen LogP contribution in [0.2, 0.25) is 0 Å². The number of carbonyl (C=O) groups excluding carboxylic acids is 4. The molecule has 2 aliphatic heterocycles. The summed E-state index contributed by atoms with van der Waals surface area (Å²) < 4.78 is 45.7. The summed E-state index contributed by atoms with van der Waals surface area (Å²) in [5, 5.41) is 7.23. The molecule has 4 amide bonds. The number of ether oxygens (including phenoxy) is 3. The van der Waals surface area contributed by atoms with Crippen molar-refractivity contribution in [2.45, 2.75) is 134 Å². The van der Waals surface area contributed by atoms with Crippen molar-refractivity contribution >= 4 is 44.6 Å². The van der Waals surface area contributed by atoms with Crippen molar-refractivity contribution in [3.63, 3.8) is 0 Å². The quantitative estimate of drug-likeness (QED) is 0.287. The smallest absolute Gasteiger partial charge is 0.408 e. The summed E-state index contributed by atoms with van der Waals surface area (Å²) >= 11 is 0. The van der Waals surface area contributed by atoms with Crippen molar-refractivity contribution in [2.75, 3.05) is 13.2 Å². The highest BCUT2D eigenvalue weighted by atomic mass is 32.2. The number of pyridine rings is 1. The Morgan fingerprint density at radius 3 is 2.48 bits per heavy atom. The number of nitrogens with zero attached hydrogens (tertiary/aromatic N) is 2. The molecular weight excluding hydrogens is 739 g/mol. The van der Waals surface area contributed by atoms with Crippen molar-refractivity contribution in [1.29, 1.82) is 0 Å².